The molecule has 1 aromatic carbocycles. The predicted octanol–water partition coefficient (Wildman–Crippen LogP) is 2.72. The molecule has 0 bridgehead atoms. The van der Waals surface area contributed by atoms with Crippen LogP contribution in [0.3, 0.4) is 0 Å². The number of benzene rings is 1. The highest BCUT2D eigenvalue weighted by molar-refractivity contribution is 6.17. The molecule has 0 amide bonds. The molecule has 0 N–H and O–H groups in total. The molecule has 72 valence electrons. The van der Waals surface area contributed by atoms with E-state index in [0.717, 1.165) is 11.1 Å². The number of halogens is 1. The summed E-state index contributed by atoms with van der Waals surface area (Å²) >= 11 is 5.78. The first-order valence-corrected chi connectivity index (χ1v) is 4.56. The van der Waals surface area contributed by atoms with Gasteiger partial charge in [0.1, 0.15) is 0 Å². The lowest BCUT2D eigenvalue weighted by Gasteiger charge is -2.16. The number of hydrogen-bond acceptors (Lipinski definition) is 2. The van der Waals surface area contributed by atoms with Crippen molar-refractivity contribution >= 4 is 11.6 Å². The second-order valence-corrected chi connectivity index (χ2v) is 2.90. The van der Waals surface area contributed by atoms with Crippen LogP contribution >= 0.6 is 11.6 Å². The number of rotatable bonds is 4. The molecule has 0 saturated heterocycles. The van der Waals surface area contributed by atoms with Gasteiger partial charge in [0.2, 0.25) is 0 Å². The van der Waals surface area contributed by atoms with Crippen LogP contribution in [-0.4, -0.2) is 14.2 Å². The van der Waals surface area contributed by atoms with E-state index < -0.39 is 0 Å². The van der Waals surface area contributed by atoms with Gasteiger partial charge in [-0.25, -0.2) is 0 Å². The van der Waals surface area contributed by atoms with Crippen LogP contribution in [0.4, 0.5) is 0 Å². The van der Waals surface area contributed by atoms with Crippen molar-refractivity contribution in [2.75, 3.05) is 14.2 Å². The Bertz CT molecular complexity index is 259. The van der Waals surface area contributed by atoms with Crippen LogP contribution in [0.15, 0.2) is 24.3 Å². The van der Waals surface area contributed by atoms with E-state index in [4.69, 9.17) is 21.1 Å². The number of alkyl halides is 1. The van der Waals surface area contributed by atoms with E-state index in [2.05, 4.69) is 0 Å². The van der Waals surface area contributed by atoms with Crippen molar-refractivity contribution in [3.63, 3.8) is 0 Å². The monoisotopic (exact) mass is 200 g/mol. The highest BCUT2D eigenvalue weighted by Gasteiger charge is 2.11. The fourth-order valence-electron chi connectivity index (χ4n) is 1.24. The molecule has 0 fully saturated rings. The molecule has 0 spiro atoms. The fourth-order valence-corrected chi connectivity index (χ4v) is 1.48. The lowest BCUT2D eigenvalue weighted by atomic mass is 10.1. The zero-order valence-electron chi connectivity index (χ0n) is 7.79. The number of ether oxygens (including phenoxy) is 2. The molecule has 3 heteroatoms. The lowest BCUT2D eigenvalue weighted by Crippen LogP contribution is -2.06. The minimum Gasteiger partial charge on any atom is -0.352 e. The molecule has 1 aromatic rings. The summed E-state index contributed by atoms with van der Waals surface area (Å²) < 4.78 is 10.3. The van der Waals surface area contributed by atoms with Crippen molar-refractivity contribution in [3.05, 3.63) is 35.4 Å². The molecule has 2 nitrogen and oxygen atoms in total. The zero-order valence-corrected chi connectivity index (χ0v) is 8.54. The number of methoxy groups -OCH3 is 2. The molecule has 1 rings (SSSR count). The van der Waals surface area contributed by atoms with Gasteiger partial charge in [-0.05, 0) is 5.56 Å². The van der Waals surface area contributed by atoms with E-state index >= 15 is 0 Å². The van der Waals surface area contributed by atoms with E-state index in [1.165, 1.54) is 0 Å². The summed E-state index contributed by atoms with van der Waals surface area (Å²) in [6.45, 7) is 0. The van der Waals surface area contributed by atoms with E-state index in [1.807, 2.05) is 24.3 Å². The van der Waals surface area contributed by atoms with Crippen molar-refractivity contribution in [3.8, 4) is 0 Å². The maximum Gasteiger partial charge on any atom is 0.183 e. The topological polar surface area (TPSA) is 18.5 Å². The van der Waals surface area contributed by atoms with Crippen LogP contribution in [0, 0.1) is 0 Å². The van der Waals surface area contributed by atoms with E-state index in [9.17, 15) is 0 Å². The Labute approximate surface area is 83.4 Å². The summed E-state index contributed by atoms with van der Waals surface area (Å²) in [6.07, 6.45) is -0.324. The van der Waals surface area contributed by atoms with Crippen LogP contribution in [-0.2, 0) is 15.4 Å². The second kappa shape index (κ2) is 5.22. The van der Waals surface area contributed by atoms with Crippen molar-refractivity contribution in [1.82, 2.24) is 0 Å². The van der Waals surface area contributed by atoms with Gasteiger partial charge in [-0.3, -0.25) is 0 Å². The Kier molecular flexibility index (Phi) is 4.22. The molecule has 0 aliphatic heterocycles. The molecule has 0 aliphatic rings. The first-order chi connectivity index (χ1) is 6.33. The Morgan fingerprint density at radius 1 is 1.23 bits per heavy atom. The molecule has 0 atom stereocenters. The third kappa shape index (κ3) is 2.44. The summed E-state index contributed by atoms with van der Waals surface area (Å²) in [5.74, 6) is 0.472. The SMILES string of the molecule is COC(OC)c1ccccc1CCl. The van der Waals surface area contributed by atoms with Crippen molar-refractivity contribution in [1.29, 1.82) is 0 Å². The summed E-state index contributed by atoms with van der Waals surface area (Å²) in [7, 11) is 3.22. The third-order valence-electron chi connectivity index (χ3n) is 1.88. The zero-order chi connectivity index (χ0) is 9.68. The average molecular weight is 201 g/mol. The summed E-state index contributed by atoms with van der Waals surface area (Å²) in [5, 5.41) is 0. The van der Waals surface area contributed by atoms with Gasteiger partial charge in [-0.2, -0.15) is 0 Å². The van der Waals surface area contributed by atoms with Crippen LogP contribution in [0.5, 0.6) is 0 Å². The maximum absolute atomic E-state index is 5.78. The van der Waals surface area contributed by atoms with Crippen molar-refractivity contribution in [2.24, 2.45) is 0 Å². The second-order valence-electron chi connectivity index (χ2n) is 2.64. The summed E-state index contributed by atoms with van der Waals surface area (Å²) in [5.41, 5.74) is 2.03. The normalized spacial score (nSPS) is 10.8. The molecular weight excluding hydrogens is 188 g/mol. The van der Waals surface area contributed by atoms with Crippen LogP contribution in [0.2, 0.25) is 0 Å². The molecule has 0 aromatic heterocycles. The van der Waals surface area contributed by atoms with E-state index in [1.54, 1.807) is 14.2 Å². The Balaban J connectivity index is 2.96. The van der Waals surface area contributed by atoms with Gasteiger partial charge in [-0.15, -0.1) is 11.6 Å². The Morgan fingerprint density at radius 2 is 1.85 bits per heavy atom. The molecule has 0 unspecified atom stereocenters. The average Bonchev–Trinajstić information content (AvgIpc) is 2.20. The molecule has 0 saturated carbocycles. The lowest BCUT2D eigenvalue weighted by molar-refractivity contribution is -0.106. The van der Waals surface area contributed by atoms with Crippen LogP contribution < -0.4 is 0 Å². The highest BCUT2D eigenvalue weighted by atomic mass is 35.5. The quantitative estimate of drug-likeness (QED) is 0.550. The van der Waals surface area contributed by atoms with Crippen molar-refractivity contribution in [2.45, 2.75) is 12.2 Å². The minimum absolute atomic E-state index is 0.324. The van der Waals surface area contributed by atoms with Gasteiger partial charge in [0, 0.05) is 25.7 Å². The predicted molar refractivity (Wildman–Crippen MR) is 52.8 cm³/mol. The molecule has 0 radical (unpaired) electrons. The first-order valence-electron chi connectivity index (χ1n) is 4.02. The van der Waals surface area contributed by atoms with E-state index in [-0.39, 0.29) is 6.29 Å². The standard InChI is InChI=1S/C10H13ClO2/c1-12-10(13-2)9-6-4-3-5-8(9)7-11/h3-6,10H,7H2,1-2H3. The first kappa shape index (κ1) is 10.5. The Hall–Kier alpha value is -0.570. The fraction of sp³-hybridized carbons (Fsp3) is 0.400. The van der Waals surface area contributed by atoms with Crippen molar-refractivity contribution < 1.29 is 9.47 Å². The maximum atomic E-state index is 5.78. The van der Waals surface area contributed by atoms with Gasteiger partial charge < -0.3 is 9.47 Å². The Morgan fingerprint density at radius 3 is 2.38 bits per heavy atom. The number of hydrogen-bond donors (Lipinski definition) is 0. The highest BCUT2D eigenvalue weighted by Crippen LogP contribution is 2.22. The molecular formula is C10H13ClO2. The smallest absolute Gasteiger partial charge is 0.183 e. The van der Waals surface area contributed by atoms with Crippen LogP contribution in [0.25, 0.3) is 0 Å². The van der Waals surface area contributed by atoms with Gasteiger partial charge in [0.15, 0.2) is 6.29 Å². The van der Waals surface area contributed by atoms with Gasteiger partial charge in [0.25, 0.3) is 0 Å². The summed E-state index contributed by atoms with van der Waals surface area (Å²) in [4.78, 5) is 0. The largest absolute Gasteiger partial charge is 0.352 e. The molecule has 13 heavy (non-hydrogen) atoms. The van der Waals surface area contributed by atoms with Gasteiger partial charge in [-0.1, -0.05) is 24.3 Å². The summed E-state index contributed by atoms with van der Waals surface area (Å²) in [6, 6.07) is 7.81. The minimum atomic E-state index is -0.324. The van der Waals surface area contributed by atoms with Gasteiger partial charge >= 0.3 is 0 Å². The third-order valence-corrected chi connectivity index (χ3v) is 2.17. The molecule has 0 heterocycles. The van der Waals surface area contributed by atoms with Crippen LogP contribution in [0.1, 0.15) is 17.4 Å². The van der Waals surface area contributed by atoms with Gasteiger partial charge in [0.05, 0.1) is 0 Å². The molecule has 0 aliphatic carbocycles. The van der Waals surface area contributed by atoms with E-state index in [0.29, 0.717) is 5.88 Å².